The quantitative estimate of drug-likeness (QED) is 0.0648. The van der Waals surface area contributed by atoms with E-state index in [-0.39, 0.29) is 0 Å². The summed E-state index contributed by atoms with van der Waals surface area (Å²) in [5.41, 5.74) is 22.7. The molecule has 12 aromatic carbocycles. The van der Waals surface area contributed by atoms with Crippen LogP contribution in [0.4, 0.5) is 0 Å². The van der Waals surface area contributed by atoms with E-state index < -0.39 is 7.14 Å². The van der Waals surface area contributed by atoms with Crippen molar-refractivity contribution in [3.05, 3.63) is 332 Å². The van der Waals surface area contributed by atoms with Crippen LogP contribution in [0, 0.1) is 0 Å². The van der Waals surface area contributed by atoms with Crippen molar-refractivity contribution in [3.8, 4) is 129 Å². The summed E-state index contributed by atoms with van der Waals surface area (Å²) in [4.78, 5) is 0. The SMILES string of the molecule is CP(C)(=O)c1ccc(-c2cccc(-c3cc(-c4nnc(-c5ccccc5)s4)cc(-c4nnc(-c5cccc(-c6cccc(-c7nnc(-c8cc(-c9cccc(C(=C(c%10ccccc%10)c%10ccccc%10)c%10ccccc%10)c9)cc(-c9nnc(-c%10ccccc%10)s9)c8)s7)c6)c5)s4)c3)c2)cc1. The van der Waals surface area contributed by atoms with Gasteiger partial charge in [0, 0.05) is 49.8 Å². The predicted octanol–water partition coefficient (Wildman–Crippen LogP) is 22.4. The Morgan fingerprint density at radius 1 is 0.214 bits per heavy atom. The van der Waals surface area contributed by atoms with E-state index >= 15 is 0 Å². The summed E-state index contributed by atoms with van der Waals surface area (Å²) in [6.45, 7) is 3.61. The van der Waals surface area contributed by atoms with Crippen molar-refractivity contribution in [2.75, 3.05) is 13.3 Å². The van der Waals surface area contributed by atoms with Crippen LogP contribution in [0.1, 0.15) is 22.3 Å². The summed E-state index contributed by atoms with van der Waals surface area (Å²) in [6, 6.07) is 108. The van der Waals surface area contributed by atoms with Gasteiger partial charge in [0.05, 0.1) is 0 Å². The molecule has 0 radical (unpaired) electrons. The van der Waals surface area contributed by atoms with Crippen molar-refractivity contribution in [2.24, 2.45) is 0 Å². The topological polar surface area (TPSA) is 120 Å². The first-order chi connectivity index (χ1) is 48.1. The molecule has 14 heteroatoms. The first kappa shape index (κ1) is 61.7. The maximum Gasteiger partial charge on any atom is 0.148 e. The van der Waals surface area contributed by atoms with Crippen LogP contribution in [0.3, 0.4) is 0 Å². The molecule has 0 spiro atoms. The second kappa shape index (κ2) is 27.2. The van der Waals surface area contributed by atoms with Crippen molar-refractivity contribution in [1.82, 2.24) is 40.8 Å². The summed E-state index contributed by atoms with van der Waals surface area (Å²) in [7, 11) is -2.40. The number of hydrogen-bond acceptors (Lipinski definition) is 13. The van der Waals surface area contributed by atoms with E-state index in [4.69, 9.17) is 35.7 Å². The maximum atomic E-state index is 12.9. The van der Waals surface area contributed by atoms with Gasteiger partial charge >= 0.3 is 0 Å². The van der Waals surface area contributed by atoms with Crippen molar-refractivity contribution >= 4 is 68.9 Å². The summed E-state index contributed by atoms with van der Waals surface area (Å²) < 4.78 is 12.9. The Bertz CT molecular complexity index is 5590. The van der Waals surface area contributed by atoms with Gasteiger partial charge in [-0.25, -0.2) is 0 Å². The molecule has 0 bridgehead atoms. The lowest BCUT2D eigenvalue weighted by Crippen LogP contribution is -2.01. The van der Waals surface area contributed by atoms with Crippen molar-refractivity contribution in [2.45, 2.75) is 0 Å². The molecule has 0 aliphatic heterocycles. The van der Waals surface area contributed by atoms with Crippen LogP contribution in [0.5, 0.6) is 0 Å². The molecule has 0 fully saturated rings. The van der Waals surface area contributed by atoms with Crippen molar-refractivity contribution in [1.29, 1.82) is 0 Å². The van der Waals surface area contributed by atoms with E-state index in [1.165, 1.54) is 0 Å². The zero-order chi connectivity index (χ0) is 65.9. The number of hydrogen-bond donors (Lipinski definition) is 0. The fourth-order valence-electron chi connectivity index (χ4n) is 12.2. The minimum atomic E-state index is -2.40. The fraction of sp³-hybridized carbons (Fsp3) is 0.0238. The van der Waals surface area contributed by atoms with Crippen LogP contribution >= 0.6 is 52.5 Å². The normalized spacial score (nSPS) is 11.4. The number of benzene rings is 12. The highest BCUT2D eigenvalue weighted by molar-refractivity contribution is 7.70. The molecule has 16 rings (SSSR count). The molecule has 98 heavy (non-hydrogen) atoms. The smallest absolute Gasteiger partial charge is 0.148 e. The van der Waals surface area contributed by atoms with E-state index in [1.54, 1.807) is 58.7 Å². The third-order valence-electron chi connectivity index (χ3n) is 17.1. The lowest BCUT2D eigenvalue weighted by molar-refractivity contribution is 0.588. The molecule has 468 valence electrons. The minimum Gasteiger partial charge on any atom is -0.319 e. The van der Waals surface area contributed by atoms with Gasteiger partial charge in [-0.1, -0.05) is 294 Å². The Morgan fingerprint density at radius 3 is 0.816 bits per heavy atom. The zero-order valence-corrected chi connectivity index (χ0v) is 57.2. The van der Waals surface area contributed by atoms with Crippen LogP contribution in [-0.4, -0.2) is 54.1 Å². The first-order valence-electron chi connectivity index (χ1n) is 31.9. The molecule has 0 atom stereocenters. The van der Waals surface area contributed by atoms with Crippen LogP contribution < -0.4 is 5.30 Å². The molecule has 9 nitrogen and oxygen atoms in total. The first-order valence-corrected chi connectivity index (χ1v) is 37.8. The summed E-state index contributed by atoms with van der Waals surface area (Å²) in [5.74, 6) is 0. The summed E-state index contributed by atoms with van der Waals surface area (Å²) >= 11 is 6.25. The predicted molar refractivity (Wildman–Crippen MR) is 409 cm³/mol. The standard InChI is InChI=1S/C84H57N8OPS4/c1-94(2,93)74-42-40-54(41-43-74)60-32-18-35-63(44-60)68-48-70(81-89-85-77(95-81)58-28-14-6-15-29-58)52-72(49-68)83-91-87-79(97-83)66-38-20-33-61(46-66)62-34-21-39-67(47-62)80-88-92-84(98-80)73-51-69(50-71(53-73)82-90-86-78(96-82)59-30-16-7-17-31-59)64-36-19-37-65(45-64)76(57-26-12-5-13-27-57)75(55-22-8-3-9-23-55)56-24-10-4-11-25-56/h3-53H,1-2H3. The average Bonchev–Trinajstić information content (AvgIpc) is 1.04. The van der Waals surface area contributed by atoms with Crippen LogP contribution in [0.2, 0.25) is 0 Å². The maximum absolute atomic E-state index is 12.9. The molecule has 16 aromatic rings. The Balaban J connectivity index is 0.725. The van der Waals surface area contributed by atoms with Crippen LogP contribution in [0.25, 0.3) is 140 Å². The molecular weight excluding hydrogens is 1300 g/mol. The van der Waals surface area contributed by atoms with Crippen molar-refractivity contribution < 1.29 is 4.57 Å². The lowest BCUT2D eigenvalue weighted by Gasteiger charge is -2.19. The second-order valence-electron chi connectivity index (χ2n) is 24.0. The third kappa shape index (κ3) is 13.2. The highest BCUT2D eigenvalue weighted by atomic mass is 32.1. The molecule has 0 aliphatic carbocycles. The minimum absolute atomic E-state index is 0.780. The molecular formula is C84H57N8OPS4. The van der Waals surface area contributed by atoms with Gasteiger partial charge in [-0.3, -0.25) is 0 Å². The number of aromatic nitrogens is 8. The summed E-state index contributed by atoms with van der Waals surface area (Å²) in [5, 5.41) is 45.7. The molecule has 0 saturated carbocycles. The van der Waals surface area contributed by atoms with Gasteiger partial charge in [0.1, 0.15) is 47.2 Å². The highest BCUT2D eigenvalue weighted by Crippen LogP contribution is 2.44. The van der Waals surface area contributed by atoms with Crippen LogP contribution in [0.15, 0.2) is 309 Å². The van der Waals surface area contributed by atoms with Crippen molar-refractivity contribution in [3.63, 3.8) is 0 Å². The third-order valence-corrected chi connectivity index (χ3v) is 22.7. The molecule has 4 heterocycles. The van der Waals surface area contributed by atoms with Gasteiger partial charge in [0.25, 0.3) is 0 Å². The van der Waals surface area contributed by atoms with Gasteiger partial charge < -0.3 is 4.57 Å². The average molecular weight is 1350 g/mol. The molecule has 0 amide bonds. The molecule has 0 aliphatic rings. The van der Waals surface area contributed by atoms with Gasteiger partial charge in [0.2, 0.25) is 0 Å². The largest absolute Gasteiger partial charge is 0.319 e. The second-order valence-corrected chi connectivity index (χ2v) is 31.2. The Morgan fingerprint density at radius 2 is 0.449 bits per heavy atom. The van der Waals surface area contributed by atoms with Gasteiger partial charge in [-0.05, 0) is 152 Å². The zero-order valence-electron chi connectivity index (χ0n) is 53.0. The van der Waals surface area contributed by atoms with E-state index in [0.717, 1.165) is 168 Å². The van der Waals surface area contributed by atoms with Crippen LogP contribution in [-0.2, 0) is 4.57 Å². The van der Waals surface area contributed by atoms with Gasteiger partial charge in [-0.2, -0.15) is 0 Å². The van der Waals surface area contributed by atoms with E-state index in [1.807, 2.05) is 48.5 Å². The van der Waals surface area contributed by atoms with Gasteiger partial charge in [0.15, 0.2) is 0 Å². The van der Waals surface area contributed by atoms with Gasteiger partial charge in [-0.15, -0.1) is 40.8 Å². The Labute approximate surface area is 584 Å². The fourth-order valence-corrected chi connectivity index (χ4v) is 16.4. The molecule has 0 saturated heterocycles. The highest BCUT2D eigenvalue weighted by Gasteiger charge is 2.22. The Hall–Kier alpha value is -11.2. The summed E-state index contributed by atoms with van der Waals surface area (Å²) in [6.07, 6.45) is 0. The molecule has 0 N–H and O–H groups in total. The van der Waals surface area contributed by atoms with E-state index in [9.17, 15) is 4.57 Å². The number of nitrogens with zero attached hydrogens (tertiary/aromatic N) is 8. The monoisotopic (exact) mass is 1350 g/mol. The van der Waals surface area contributed by atoms with E-state index in [2.05, 4.69) is 266 Å². The Kier molecular flexibility index (Phi) is 17.1. The number of rotatable bonds is 17. The van der Waals surface area contributed by atoms with E-state index in [0.29, 0.717) is 0 Å². The molecule has 4 aromatic heterocycles. The lowest BCUT2D eigenvalue weighted by atomic mass is 9.85. The molecule has 0 unspecified atom stereocenters.